The van der Waals surface area contributed by atoms with Gasteiger partial charge in [0.15, 0.2) is 0 Å². The van der Waals surface area contributed by atoms with Gasteiger partial charge in [0.2, 0.25) is 0 Å². The highest BCUT2D eigenvalue weighted by Gasteiger charge is 2.24. The van der Waals surface area contributed by atoms with Gasteiger partial charge in [-0.3, -0.25) is 9.80 Å². The summed E-state index contributed by atoms with van der Waals surface area (Å²) in [6.45, 7) is 8.75. The van der Waals surface area contributed by atoms with Crippen LogP contribution in [-0.2, 0) is 6.54 Å². The first-order valence-electron chi connectivity index (χ1n) is 7.22. The molecule has 1 aromatic heterocycles. The molecule has 4 nitrogen and oxygen atoms in total. The molecule has 0 bridgehead atoms. The van der Waals surface area contributed by atoms with Crippen molar-refractivity contribution < 1.29 is 0 Å². The van der Waals surface area contributed by atoms with Gasteiger partial charge < -0.3 is 5.73 Å². The summed E-state index contributed by atoms with van der Waals surface area (Å²) in [6, 6.07) is 0.774. The Morgan fingerprint density at radius 2 is 2.42 bits per heavy atom. The predicted octanol–water partition coefficient (Wildman–Crippen LogP) is 2.08. The van der Waals surface area contributed by atoms with E-state index in [1.807, 2.05) is 6.92 Å². The maximum Gasteiger partial charge on any atom is 0.109 e. The van der Waals surface area contributed by atoms with Crippen molar-refractivity contribution in [1.29, 1.82) is 0 Å². The van der Waals surface area contributed by atoms with Gasteiger partial charge in [-0.2, -0.15) is 0 Å². The van der Waals surface area contributed by atoms with Gasteiger partial charge >= 0.3 is 0 Å². The fourth-order valence-electron chi connectivity index (χ4n) is 2.82. The zero-order valence-corrected chi connectivity index (χ0v) is 13.1. The molecule has 19 heavy (non-hydrogen) atoms. The molecule has 2 rings (SSSR count). The molecule has 2 unspecified atom stereocenters. The minimum absolute atomic E-state index is 0.0504. The molecule has 5 heteroatoms. The van der Waals surface area contributed by atoms with Crippen molar-refractivity contribution in [1.82, 2.24) is 14.8 Å². The molecule has 1 fully saturated rings. The molecule has 1 aliphatic rings. The van der Waals surface area contributed by atoms with Crippen LogP contribution in [0.3, 0.4) is 0 Å². The molecule has 108 valence electrons. The molecule has 2 N–H and O–H groups in total. The first-order valence-corrected chi connectivity index (χ1v) is 8.10. The van der Waals surface area contributed by atoms with Crippen LogP contribution in [0, 0.1) is 0 Å². The third-order valence-electron chi connectivity index (χ3n) is 3.82. The van der Waals surface area contributed by atoms with E-state index in [-0.39, 0.29) is 6.04 Å². The van der Waals surface area contributed by atoms with Gasteiger partial charge in [0.05, 0.1) is 11.7 Å². The molecule has 2 atom stereocenters. The fourth-order valence-corrected chi connectivity index (χ4v) is 3.59. The molecule has 0 aliphatic carbocycles. The highest BCUT2D eigenvalue weighted by molar-refractivity contribution is 7.09. The molecule has 1 aromatic rings. The highest BCUT2D eigenvalue weighted by atomic mass is 32.1. The second kappa shape index (κ2) is 6.79. The Kier molecular flexibility index (Phi) is 5.33. The summed E-state index contributed by atoms with van der Waals surface area (Å²) in [7, 11) is 2.19. The van der Waals surface area contributed by atoms with E-state index >= 15 is 0 Å². The van der Waals surface area contributed by atoms with E-state index in [0.717, 1.165) is 29.8 Å². The second-order valence-electron chi connectivity index (χ2n) is 5.59. The fraction of sp³-hybridized carbons (Fsp3) is 0.786. The molecule has 1 aliphatic heterocycles. The van der Waals surface area contributed by atoms with E-state index in [9.17, 15) is 0 Å². The van der Waals surface area contributed by atoms with Crippen molar-refractivity contribution in [2.45, 2.75) is 45.3 Å². The number of aromatic nitrogens is 1. The number of likely N-dealkylation sites (N-methyl/N-ethyl adjacent to an activating group) is 2. The van der Waals surface area contributed by atoms with Gasteiger partial charge in [0.25, 0.3) is 0 Å². The molecular weight excluding hydrogens is 256 g/mol. The highest BCUT2D eigenvalue weighted by Crippen LogP contribution is 2.19. The summed E-state index contributed by atoms with van der Waals surface area (Å²) >= 11 is 1.67. The summed E-state index contributed by atoms with van der Waals surface area (Å²) < 4.78 is 0. The lowest BCUT2D eigenvalue weighted by Crippen LogP contribution is -2.38. The Hall–Kier alpha value is -0.490. The lowest BCUT2D eigenvalue weighted by atomic mass is 10.2. The molecule has 0 radical (unpaired) electrons. The largest absolute Gasteiger partial charge is 0.322 e. The van der Waals surface area contributed by atoms with Gasteiger partial charge in [-0.05, 0) is 39.9 Å². The topological polar surface area (TPSA) is 45.4 Å². The number of nitrogens with zero attached hydrogens (tertiary/aromatic N) is 3. The van der Waals surface area contributed by atoms with Crippen molar-refractivity contribution in [3.8, 4) is 0 Å². The van der Waals surface area contributed by atoms with Crippen LogP contribution in [0.1, 0.15) is 43.4 Å². The van der Waals surface area contributed by atoms with E-state index in [0.29, 0.717) is 0 Å². The van der Waals surface area contributed by atoms with Crippen LogP contribution in [0.25, 0.3) is 0 Å². The van der Waals surface area contributed by atoms with Crippen LogP contribution in [0.4, 0.5) is 0 Å². The number of likely N-dealkylation sites (tertiary alicyclic amines) is 1. The predicted molar refractivity (Wildman–Crippen MR) is 81.3 cm³/mol. The average molecular weight is 282 g/mol. The smallest absolute Gasteiger partial charge is 0.109 e. The van der Waals surface area contributed by atoms with Crippen LogP contribution in [0.15, 0.2) is 5.38 Å². The minimum atomic E-state index is 0.0504. The Morgan fingerprint density at radius 1 is 1.63 bits per heavy atom. The molecule has 0 aromatic carbocycles. The summed E-state index contributed by atoms with van der Waals surface area (Å²) in [6.07, 6.45) is 2.68. The van der Waals surface area contributed by atoms with Crippen molar-refractivity contribution in [2.75, 3.05) is 26.7 Å². The summed E-state index contributed by atoms with van der Waals surface area (Å²) in [5.41, 5.74) is 7.01. The number of nitrogens with two attached hydrogens (primary N) is 1. The molecule has 2 heterocycles. The maximum atomic E-state index is 5.85. The van der Waals surface area contributed by atoms with Gasteiger partial charge in [0, 0.05) is 24.5 Å². The summed E-state index contributed by atoms with van der Waals surface area (Å²) in [5, 5.41) is 3.18. The Bertz CT molecular complexity index is 391. The standard InChI is InChI=1S/C14H26N4S/c1-4-18-7-5-6-13(18)9-17(3)8-12-10-19-14(16-12)11(2)15/h10-11,13H,4-9,15H2,1-3H3. The maximum absolute atomic E-state index is 5.85. The van der Waals surface area contributed by atoms with Crippen LogP contribution >= 0.6 is 11.3 Å². The molecule has 1 saturated heterocycles. The third-order valence-corrected chi connectivity index (χ3v) is 4.91. The minimum Gasteiger partial charge on any atom is -0.322 e. The normalized spacial score (nSPS) is 22.3. The average Bonchev–Trinajstić information content (AvgIpc) is 2.97. The van der Waals surface area contributed by atoms with Crippen molar-refractivity contribution in [2.24, 2.45) is 5.73 Å². The summed E-state index contributed by atoms with van der Waals surface area (Å²) in [5.74, 6) is 0. The van der Waals surface area contributed by atoms with E-state index < -0.39 is 0 Å². The van der Waals surface area contributed by atoms with E-state index in [4.69, 9.17) is 5.73 Å². The van der Waals surface area contributed by atoms with Crippen LogP contribution < -0.4 is 5.73 Å². The number of hydrogen-bond donors (Lipinski definition) is 1. The first kappa shape index (κ1) is 14.9. The monoisotopic (exact) mass is 282 g/mol. The van der Waals surface area contributed by atoms with Gasteiger partial charge in [-0.15, -0.1) is 11.3 Å². The molecule has 0 amide bonds. The second-order valence-corrected chi connectivity index (χ2v) is 6.48. The van der Waals surface area contributed by atoms with Crippen LogP contribution in [0.2, 0.25) is 0 Å². The zero-order chi connectivity index (χ0) is 13.8. The van der Waals surface area contributed by atoms with E-state index in [1.165, 1.54) is 25.9 Å². The lowest BCUT2D eigenvalue weighted by molar-refractivity contribution is 0.194. The van der Waals surface area contributed by atoms with Gasteiger partial charge in [-0.25, -0.2) is 4.98 Å². The van der Waals surface area contributed by atoms with Crippen molar-refractivity contribution >= 4 is 11.3 Å². The molecule has 0 saturated carbocycles. The molecular formula is C14H26N4S. The van der Waals surface area contributed by atoms with Gasteiger partial charge in [-0.1, -0.05) is 6.92 Å². The third kappa shape index (κ3) is 3.99. The van der Waals surface area contributed by atoms with E-state index in [2.05, 4.69) is 34.1 Å². The Labute approximate surface area is 120 Å². The van der Waals surface area contributed by atoms with Crippen molar-refractivity contribution in [3.63, 3.8) is 0 Å². The Balaban J connectivity index is 1.84. The van der Waals surface area contributed by atoms with Crippen LogP contribution in [0.5, 0.6) is 0 Å². The van der Waals surface area contributed by atoms with E-state index in [1.54, 1.807) is 11.3 Å². The van der Waals surface area contributed by atoms with Crippen LogP contribution in [-0.4, -0.2) is 47.5 Å². The first-order chi connectivity index (χ1) is 9.10. The Morgan fingerprint density at radius 3 is 3.05 bits per heavy atom. The van der Waals surface area contributed by atoms with Gasteiger partial charge in [0.1, 0.15) is 5.01 Å². The number of hydrogen-bond acceptors (Lipinski definition) is 5. The summed E-state index contributed by atoms with van der Waals surface area (Å²) in [4.78, 5) is 9.58. The molecule has 0 spiro atoms. The zero-order valence-electron chi connectivity index (χ0n) is 12.3. The SMILES string of the molecule is CCN1CCCC1CN(C)Cc1csc(C(C)N)n1. The van der Waals surface area contributed by atoms with Crippen molar-refractivity contribution in [3.05, 3.63) is 16.1 Å². The number of rotatable bonds is 6. The quantitative estimate of drug-likeness (QED) is 0.868. The lowest BCUT2D eigenvalue weighted by Gasteiger charge is -2.27. The number of thiazole rings is 1.